The predicted octanol–water partition coefficient (Wildman–Crippen LogP) is -6.05. The van der Waals surface area contributed by atoms with Crippen molar-refractivity contribution in [2.24, 2.45) is 0 Å². The fraction of sp³-hybridized carbons (Fsp3) is 0.833. The molecule has 118 valence electrons. The fourth-order valence-electron chi connectivity index (χ4n) is 1.60. The average Bonchev–Trinajstić information content (AvgIpc) is 2.33. The minimum absolute atomic E-state index is 0. The van der Waals surface area contributed by atoms with Crippen LogP contribution in [-0.4, -0.2) is 36.8 Å². The second-order valence-corrected chi connectivity index (χ2v) is 6.05. The van der Waals surface area contributed by atoms with Crippen LogP contribution in [0.5, 0.6) is 0 Å². The molecule has 0 N–H and O–H groups in total. The van der Waals surface area contributed by atoms with Crippen molar-refractivity contribution < 1.29 is 91.5 Å². The first kappa shape index (κ1) is 27.7. The molecule has 0 bridgehead atoms. The molecule has 22 heavy (non-hydrogen) atoms. The zero-order valence-corrected chi connectivity index (χ0v) is 18.3. The summed E-state index contributed by atoms with van der Waals surface area (Å²) >= 11 is 0. The maximum Gasteiger partial charge on any atom is 1.00 e. The van der Waals surface area contributed by atoms with Crippen molar-refractivity contribution >= 4 is 22.1 Å². The summed E-state index contributed by atoms with van der Waals surface area (Å²) < 4.78 is 36.9. The fourth-order valence-corrected chi connectivity index (χ4v) is 2.25. The first-order valence-corrected chi connectivity index (χ1v) is 8.07. The molecule has 0 fully saturated rings. The molecule has 0 saturated carbocycles. The van der Waals surface area contributed by atoms with Crippen LogP contribution < -0.4 is 64.2 Å². The molecular weight excluding hydrogens is 334 g/mol. The molecule has 0 aromatic heterocycles. The number of esters is 1. The van der Waals surface area contributed by atoms with E-state index in [1.54, 1.807) is 0 Å². The van der Waals surface area contributed by atoms with Crippen LogP contribution in [0.2, 0.25) is 0 Å². The monoisotopic (exact) mass is 354 g/mol. The van der Waals surface area contributed by atoms with Crippen molar-refractivity contribution in [2.75, 3.05) is 6.61 Å². The van der Waals surface area contributed by atoms with Gasteiger partial charge in [0.2, 0.25) is 0 Å². The number of rotatable bonds is 11. The summed E-state index contributed by atoms with van der Waals surface area (Å²) in [5, 5.41) is 8.09. The molecule has 10 heteroatoms. The molecule has 1 atom stereocenters. The normalized spacial score (nSPS) is 11.7. The van der Waals surface area contributed by atoms with E-state index in [0.29, 0.717) is 6.42 Å². The van der Waals surface area contributed by atoms with Gasteiger partial charge >= 0.3 is 65.1 Å². The third-order valence-electron chi connectivity index (χ3n) is 2.71. The molecular formula is C12H20Na2O7S. The molecule has 0 aliphatic heterocycles. The van der Waals surface area contributed by atoms with Crippen LogP contribution in [0.4, 0.5) is 0 Å². The molecule has 0 aliphatic carbocycles. The number of aliphatic carboxylic acids is 1. The molecule has 1 unspecified atom stereocenters. The van der Waals surface area contributed by atoms with Crippen molar-refractivity contribution in [2.45, 2.75) is 57.1 Å². The van der Waals surface area contributed by atoms with Crippen molar-refractivity contribution in [3.8, 4) is 0 Å². The van der Waals surface area contributed by atoms with Gasteiger partial charge in [-0.2, -0.15) is 0 Å². The number of carboxylic acids is 1. The number of unbranched alkanes of at least 4 members (excludes halogenated alkanes) is 5. The van der Waals surface area contributed by atoms with E-state index in [1.165, 1.54) is 0 Å². The SMILES string of the molecule is CCCCCCCCOC(=O)C(CC(=O)[O-])S(=O)(=O)[O-].[Na+].[Na+]. The molecule has 0 aromatic carbocycles. The number of carbonyl (C=O) groups is 2. The van der Waals surface area contributed by atoms with Crippen molar-refractivity contribution in [1.29, 1.82) is 0 Å². The van der Waals surface area contributed by atoms with Gasteiger partial charge in [0.15, 0.2) is 5.25 Å². The Morgan fingerprint density at radius 3 is 2.00 bits per heavy atom. The Labute approximate surface area is 175 Å². The van der Waals surface area contributed by atoms with Gasteiger partial charge in [0, 0.05) is 12.4 Å². The Bertz CT molecular complexity index is 412. The largest absolute Gasteiger partial charge is 1.00 e. The van der Waals surface area contributed by atoms with Gasteiger partial charge in [0.25, 0.3) is 0 Å². The quantitative estimate of drug-likeness (QED) is 0.157. The number of hydrogen-bond donors (Lipinski definition) is 0. The predicted molar refractivity (Wildman–Crippen MR) is 67.4 cm³/mol. The molecule has 7 nitrogen and oxygen atoms in total. The minimum Gasteiger partial charge on any atom is -0.747 e. The molecule has 0 heterocycles. The van der Waals surface area contributed by atoms with Gasteiger partial charge in [0.05, 0.1) is 6.61 Å². The second kappa shape index (κ2) is 15.4. The van der Waals surface area contributed by atoms with E-state index in [4.69, 9.17) is 0 Å². The summed E-state index contributed by atoms with van der Waals surface area (Å²) in [4.78, 5) is 21.7. The van der Waals surface area contributed by atoms with Crippen LogP contribution >= 0.6 is 0 Å². The smallest absolute Gasteiger partial charge is 0.747 e. The molecule has 0 rings (SSSR count). The molecule has 0 saturated heterocycles. The van der Waals surface area contributed by atoms with Crippen molar-refractivity contribution in [1.82, 2.24) is 0 Å². The first-order valence-electron chi connectivity index (χ1n) is 6.60. The third-order valence-corrected chi connectivity index (χ3v) is 3.76. The van der Waals surface area contributed by atoms with Gasteiger partial charge in [-0.15, -0.1) is 0 Å². The summed E-state index contributed by atoms with van der Waals surface area (Å²) in [5.74, 6) is -3.11. The van der Waals surface area contributed by atoms with Gasteiger partial charge in [-0.05, 0) is 6.42 Å². The van der Waals surface area contributed by atoms with Crippen molar-refractivity contribution in [3.63, 3.8) is 0 Å². The van der Waals surface area contributed by atoms with Crippen LogP contribution in [-0.2, 0) is 24.4 Å². The Morgan fingerprint density at radius 1 is 1.05 bits per heavy atom. The van der Waals surface area contributed by atoms with E-state index < -0.39 is 33.7 Å². The zero-order valence-electron chi connectivity index (χ0n) is 13.5. The first-order chi connectivity index (χ1) is 9.29. The Kier molecular flexibility index (Phi) is 19.4. The maximum atomic E-state index is 11.4. The van der Waals surface area contributed by atoms with Crippen LogP contribution in [0.15, 0.2) is 0 Å². The molecule has 0 radical (unpaired) electrons. The molecule has 0 aliphatic rings. The number of carboxylic acid groups (broad SMARTS) is 1. The number of ether oxygens (including phenoxy) is 1. The van der Waals surface area contributed by atoms with Crippen LogP contribution in [0.1, 0.15) is 51.9 Å². The third kappa shape index (κ3) is 14.4. The standard InChI is InChI=1S/C12H22O7S.2Na/c1-2-3-4-5-6-7-8-19-12(15)10(9-11(13)14)20(16,17)18;;/h10H,2-9H2,1H3,(H,13,14)(H,16,17,18);;/q;2*+1/p-2. The summed E-state index contributed by atoms with van der Waals surface area (Å²) in [6.07, 6.45) is 4.49. The van der Waals surface area contributed by atoms with E-state index >= 15 is 0 Å². The van der Waals surface area contributed by atoms with Gasteiger partial charge in [-0.3, -0.25) is 4.79 Å². The summed E-state index contributed by atoms with van der Waals surface area (Å²) in [5.41, 5.74) is 0. The summed E-state index contributed by atoms with van der Waals surface area (Å²) in [6, 6.07) is 0. The Balaban J connectivity index is -0.00000180. The number of hydrogen-bond acceptors (Lipinski definition) is 7. The van der Waals surface area contributed by atoms with Crippen LogP contribution in [0.25, 0.3) is 0 Å². The topological polar surface area (TPSA) is 124 Å². The van der Waals surface area contributed by atoms with E-state index in [1.807, 2.05) is 0 Å². The Morgan fingerprint density at radius 2 is 1.55 bits per heavy atom. The number of carbonyl (C=O) groups excluding carboxylic acids is 2. The van der Waals surface area contributed by atoms with Gasteiger partial charge < -0.3 is 19.2 Å². The van der Waals surface area contributed by atoms with Crippen LogP contribution in [0, 0.1) is 0 Å². The van der Waals surface area contributed by atoms with E-state index in [0.717, 1.165) is 32.1 Å². The van der Waals surface area contributed by atoms with Gasteiger partial charge in [-0.1, -0.05) is 39.0 Å². The summed E-state index contributed by atoms with van der Waals surface area (Å²) in [7, 11) is -5.06. The van der Waals surface area contributed by atoms with E-state index in [9.17, 15) is 27.7 Å². The zero-order chi connectivity index (χ0) is 15.6. The van der Waals surface area contributed by atoms with E-state index in [-0.39, 0.29) is 65.7 Å². The summed E-state index contributed by atoms with van der Waals surface area (Å²) in [6.45, 7) is 2.06. The van der Waals surface area contributed by atoms with E-state index in [2.05, 4.69) is 11.7 Å². The van der Waals surface area contributed by atoms with Gasteiger partial charge in [0.1, 0.15) is 10.1 Å². The Hall–Kier alpha value is 0.850. The average molecular weight is 354 g/mol. The molecule has 0 aromatic rings. The minimum atomic E-state index is -5.06. The van der Waals surface area contributed by atoms with Crippen molar-refractivity contribution in [3.05, 3.63) is 0 Å². The maximum absolute atomic E-state index is 11.4. The second-order valence-electron chi connectivity index (χ2n) is 4.49. The molecule has 0 amide bonds. The van der Waals surface area contributed by atoms with Gasteiger partial charge in [-0.25, -0.2) is 8.42 Å². The van der Waals surface area contributed by atoms with Crippen LogP contribution in [0.3, 0.4) is 0 Å². The molecule has 0 spiro atoms.